The molecule has 0 aliphatic carbocycles. The average Bonchev–Trinajstić information content (AvgIpc) is 2.54. The number of amides is 2. The van der Waals surface area contributed by atoms with E-state index in [9.17, 15) is 9.59 Å². The Morgan fingerprint density at radius 2 is 1.82 bits per heavy atom. The van der Waals surface area contributed by atoms with E-state index in [1.165, 1.54) is 0 Å². The summed E-state index contributed by atoms with van der Waals surface area (Å²) in [5.74, 6) is -0.0763. The summed E-state index contributed by atoms with van der Waals surface area (Å²) in [6.45, 7) is 1.67. The van der Waals surface area contributed by atoms with Crippen LogP contribution in [0.5, 0.6) is 0 Å². The highest BCUT2D eigenvalue weighted by molar-refractivity contribution is 6.05. The number of hydrogen-bond acceptors (Lipinski definition) is 4. The molecule has 0 aliphatic rings. The van der Waals surface area contributed by atoms with Crippen molar-refractivity contribution in [3.63, 3.8) is 0 Å². The molecule has 1 aromatic carbocycles. The highest BCUT2D eigenvalue weighted by atomic mass is 16.2. The SMILES string of the molecule is CC(CC(=O)Nc1ccccn1)=NNC(=O)c1ccccc1. The third-order valence-corrected chi connectivity index (χ3v) is 2.73. The maximum atomic E-state index is 11.8. The van der Waals surface area contributed by atoms with E-state index in [0.29, 0.717) is 17.1 Å². The topological polar surface area (TPSA) is 83.4 Å². The molecule has 2 amide bonds. The second kappa shape index (κ2) is 7.68. The van der Waals surface area contributed by atoms with Crippen LogP contribution >= 0.6 is 0 Å². The number of nitrogens with one attached hydrogen (secondary N) is 2. The van der Waals surface area contributed by atoms with Crippen molar-refractivity contribution in [3.05, 3.63) is 60.3 Å². The lowest BCUT2D eigenvalue weighted by molar-refractivity contribution is -0.115. The van der Waals surface area contributed by atoms with Gasteiger partial charge in [0, 0.05) is 17.5 Å². The Labute approximate surface area is 128 Å². The fourth-order valence-electron chi connectivity index (χ4n) is 1.70. The van der Waals surface area contributed by atoms with Gasteiger partial charge in [-0.3, -0.25) is 9.59 Å². The predicted molar refractivity (Wildman–Crippen MR) is 84.5 cm³/mol. The highest BCUT2D eigenvalue weighted by Crippen LogP contribution is 2.01. The molecule has 6 heteroatoms. The fourth-order valence-corrected chi connectivity index (χ4v) is 1.70. The molecule has 0 spiro atoms. The molecule has 2 aromatic rings. The monoisotopic (exact) mass is 296 g/mol. The number of nitrogens with zero attached hydrogens (tertiary/aromatic N) is 2. The van der Waals surface area contributed by atoms with Gasteiger partial charge in [-0.15, -0.1) is 0 Å². The summed E-state index contributed by atoms with van der Waals surface area (Å²) in [6.07, 6.45) is 1.67. The zero-order valence-electron chi connectivity index (χ0n) is 12.1. The van der Waals surface area contributed by atoms with Crippen LogP contribution in [0.2, 0.25) is 0 Å². The van der Waals surface area contributed by atoms with Gasteiger partial charge in [-0.1, -0.05) is 24.3 Å². The number of hydrogen-bond donors (Lipinski definition) is 2. The molecule has 0 saturated carbocycles. The molecule has 1 heterocycles. The van der Waals surface area contributed by atoms with Crippen molar-refractivity contribution in [2.45, 2.75) is 13.3 Å². The van der Waals surface area contributed by atoms with E-state index < -0.39 is 0 Å². The molecule has 22 heavy (non-hydrogen) atoms. The largest absolute Gasteiger partial charge is 0.310 e. The van der Waals surface area contributed by atoms with Gasteiger partial charge in [0.2, 0.25) is 5.91 Å². The van der Waals surface area contributed by atoms with Gasteiger partial charge in [-0.2, -0.15) is 5.10 Å². The van der Waals surface area contributed by atoms with Crippen LogP contribution in [0.1, 0.15) is 23.7 Å². The number of carbonyl (C=O) groups excluding carboxylic acids is 2. The van der Waals surface area contributed by atoms with Crippen LogP contribution in [-0.2, 0) is 4.79 Å². The third-order valence-electron chi connectivity index (χ3n) is 2.73. The third kappa shape index (κ3) is 4.82. The van der Waals surface area contributed by atoms with Gasteiger partial charge in [0.1, 0.15) is 5.82 Å². The van der Waals surface area contributed by atoms with E-state index in [2.05, 4.69) is 20.8 Å². The minimum Gasteiger partial charge on any atom is -0.310 e. The molecule has 0 radical (unpaired) electrons. The highest BCUT2D eigenvalue weighted by Gasteiger charge is 2.06. The quantitative estimate of drug-likeness (QED) is 0.655. The summed E-state index contributed by atoms with van der Waals surface area (Å²) in [4.78, 5) is 27.6. The smallest absolute Gasteiger partial charge is 0.271 e. The first-order chi connectivity index (χ1) is 10.6. The van der Waals surface area contributed by atoms with Crippen molar-refractivity contribution in [1.82, 2.24) is 10.4 Å². The van der Waals surface area contributed by atoms with Gasteiger partial charge in [-0.05, 0) is 31.2 Å². The Morgan fingerprint density at radius 3 is 2.50 bits per heavy atom. The predicted octanol–water partition coefficient (Wildman–Crippen LogP) is 2.22. The molecule has 0 bridgehead atoms. The van der Waals surface area contributed by atoms with E-state index >= 15 is 0 Å². The van der Waals surface area contributed by atoms with Gasteiger partial charge < -0.3 is 5.32 Å². The maximum Gasteiger partial charge on any atom is 0.271 e. The average molecular weight is 296 g/mol. The number of carbonyl (C=O) groups is 2. The number of anilines is 1. The number of pyridine rings is 1. The minimum atomic E-state index is -0.315. The zero-order chi connectivity index (χ0) is 15.8. The number of aromatic nitrogens is 1. The van der Waals surface area contributed by atoms with Crippen molar-refractivity contribution in [2.75, 3.05) is 5.32 Å². The number of hydrazone groups is 1. The molecular weight excluding hydrogens is 280 g/mol. The molecule has 112 valence electrons. The van der Waals surface area contributed by atoms with Crippen molar-refractivity contribution < 1.29 is 9.59 Å². The molecule has 0 atom stereocenters. The summed E-state index contributed by atoms with van der Waals surface area (Å²) >= 11 is 0. The minimum absolute atomic E-state index is 0.0750. The molecule has 0 aliphatic heterocycles. The summed E-state index contributed by atoms with van der Waals surface area (Å²) in [6, 6.07) is 14.0. The summed E-state index contributed by atoms with van der Waals surface area (Å²) in [5, 5.41) is 6.57. The maximum absolute atomic E-state index is 11.8. The normalized spacial score (nSPS) is 10.9. The summed E-state index contributed by atoms with van der Waals surface area (Å²) < 4.78 is 0. The first-order valence-corrected chi connectivity index (χ1v) is 6.74. The van der Waals surface area contributed by atoms with Crippen molar-refractivity contribution >= 4 is 23.3 Å². The molecule has 2 rings (SSSR count). The van der Waals surface area contributed by atoms with E-state index in [0.717, 1.165) is 0 Å². The van der Waals surface area contributed by atoms with Crippen LogP contribution in [0, 0.1) is 0 Å². The van der Waals surface area contributed by atoms with Crippen molar-refractivity contribution in [2.24, 2.45) is 5.10 Å². The Kier molecular flexibility index (Phi) is 5.37. The van der Waals surface area contributed by atoms with Crippen LogP contribution < -0.4 is 10.7 Å². The van der Waals surface area contributed by atoms with Gasteiger partial charge in [0.05, 0.1) is 6.42 Å². The Bertz CT molecular complexity index is 669. The van der Waals surface area contributed by atoms with Crippen LogP contribution in [0.15, 0.2) is 59.8 Å². The molecule has 0 unspecified atom stereocenters. The molecule has 0 saturated heterocycles. The number of benzene rings is 1. The first-order valence-electron chi connectivity index (χ1n) is 6.74. The van der Waals surface area contributed by atoms with Crippen LogP contribution in [0.25, 0.3) is 0 Å². The summed E-state index contributed by atoms with van der Waals surface area (Å²) in [5.41, 5.74) is 3.43. The molecule has 1 aromatic heterocycles. The second-order valence-electron chi connectivity index (χ2n) is 4.59. The van der Waals surface area contributed by atoms with E-state index in [1.54, 1.807) is 55.6 Å². The lowest BCUT2D eigenvalue weighted by Gasteiger charge is -2.04. The molecule has 6 nitrogen and oxygen atoms in total. The van der Waals surface area contributed by atoms with E-state index in [4.69, 9.17) is 0 Å². The summed E-state index contributed by atoms with van der Waals surface area (Å²) in [7, 11) is 0. The Morgan fingerprint density at radius 1 is 1.09 bits per heavy atom. The van der Waals surface area contributed by atoms with Gasteiger partial charge >= 0.3 is 0 Å². The van der Waals surface area contributed by atoms with Gasteiger partial charge in [0.15, 0.2) is 0 Å². The van der Waals surface area contributed by atoms with Gasteiger partial charge in [0.25, 0.3) is 5.91 Å². The second-order valence-corrected chi connectivity index (χ2v) is 4.59. The lowest BCUT2D eigenvalue weighted by Crippen LogP contribution is -2.21. The Hall–Kier alpha value is -3.02. The Balaban J connectivity index is 1.85. The van der Waals surface area contributed by atoms with Crippen molar-refractivity contribution in [3.8, 4) is 0 Å². The van der Waals surface area contributed by atoms with Crippen LogP contribution in [-0.4, -0.2) is 22.5 Å². The molecule has 2 N–H and O–H groups in total. The zero-order valence-corrected chi connectivity index (χ0v) is 12.1. The van der Waals surface area contributed by atoms with Crippen molar-refractivity contribution in [1.29, 1.82) is 0 Å². The molecule has 0 fully saturated rings. The van der Waals surface area contributed by atoms with E-state index in [-0.39, 0.29) is 18.2 Å². The first kappa shape index (κ1) is 15.4. The van der Waals surface area contributed by atoms with Crippen LogP contribution in [0.4, 0.5) is 5.82 Å². The standard InChI is InChI=1S/C16H16N4O2/c1-12(11-15(21)18-14-9-5-6-10-17-14)19-20-16(22)13-7-3-2-4-8-13/h2-10H,11H2,1H3,(H,20,22)(H,17,18,21). The fraction of sp³-hybridized carbons (Fsp3) is 0.125. The van der Waals surface area contributed by atoms with E-state index in [1.807, 2.05) is 6.07 Å². The molecular formula is C16H16N4O2. The number of rotatable bonds is 5. The lowest BCUT2D eigenvalue weighted by atomic mass is 10.2. The van der Waals surface area contributed by atoms with Crippen LogP contribution in [0.3, 0.4) is 0 Å². The van der Waals surface area contributed by atoms with Gasteiger partial charge in [-0.25, -0.2) is 10.4 Å².